The van der Waals surface area contributed by atoms with E-state index in [2.05, 4.69) is 5.32 Å². The van der Waals surface area contributed by atoms with Gasteiger partial charge in [-0.05, 0) is 48.9 Å². The first-order chi connectivity index (χ1) is 16.4. The molecular weight excluding hydrogens is 505 g/mol. The Labute approximate surface area is 204 Å². The van der Waals surface area contributed by atoms with Crippen molar-refractivity contribution in [2.75, 3.05) is 11.6 Å². The van der Waals surface area contributed by atoms with Gasteiger partial charge >= 0.3 is 0 Å². The van der Waals surface area contributed by atoms with E-state index in [0.717, 1.165) is 18.4 Å². The first kappa shape index (κ1) is 26.1. The van der Waals surface area contributed by atoms with E-state index in [1.807, 2.05) is 0 Å². The van der Waals surface area contributed by atoms with Gasteiger partial charge < -0.3 is 10.1 Å². The van der Waals surface area contributed by atoms with Gasteiger partial charge in [0, 0.05) is 17.4 Å². The zero-order valence-electron chi connectivity index (χ0n) is 18.4. The van der Waals surface area contributed by atoms with Gasteiger partial charge in [0.15, 0.2) is 21.4 Å². The number of sulfone groups is 1. The van der Waals surface area contributed by atoms with E-state index in [4.69, 9.17) is 21.6 Å². The second-order valence-electron chi connectivity index (χ2n) is 7.63. The highest BCUT2D eigenvalue weighted by atomic mass is 35.5. The molecule has 0 radical (unpaired) electrons. The maximum absolute atomic E-state index is 15.2. The van der Waals surface area contributed by atoms with Gasteiger partial charge in [-0.2, -0.15) is 5.26 Å². The number of carbonyl (C=O) groups excluding carboxylic acids is 1. The minimum Gasteiger partial charge on any atom is -0.454 e. The minimum absolute atomic E-state index is 0.0121. The molecule has 3 aromatic carbocycles. The number of alkyl halides is 2. The van der Waals surface area contributed by atoms with Crippen molar-refractivity contribution < 1.29 is 31.1 Å². The summed E-state index contributed by atoms with van der Waals surface area (Å²) in [5.41, 5.74) is -0.0954. The normalized spacial score (nSPS) is 11.3. The molecule has 3 aromatic rings. The third-order valence-corrected chi connectivity index (χ3v) is 6.32. The Balaban J connectivity index is 1.84. The number of hydrogen-bond acceptors (Lipinski definition) is 5. The highest BCUT2D eigenvalue weighted by Crippen LogP contribution is 2.33. The third-order valence-electron chi connectivity index (χ3n) is 4.90. The fourth-order valence-electron chi connectivity index (χ4n) is 3.14. The van der Waals surface area contributed by atoms with Crippen LogP contribution in [0.3, 0.4) is 0 Å². The maximum Gasteiger partial charge on any atom is 0.264 e. The van der Waals surface area contributed by atoms with Crippen LogP contribution in [-0.2, 0) is 21.1 Å². The van der Waals surface area contributed by atoms with Crippen molar-refractivity contribution >= 4 is 33.0 Å². The number of aryl methyl sites for hydroxylation is 1. The standard InChI is InChI=1S/C24H18ClF3N2O4S/c1-13-3-4-15(10-21(31)30-20-6-5-18(11-19(20)25)35(2,32)33)22(26)23(13)34-17-8-14(12-29)7-16(9-17)24(27)28/h3-9,11,24H,10H2,1-2H3,(H,30,31). The Morgan fingerprint density at radius 2 is 1.89 bits per heavy atom. The van der Waals surface area contributed by atoms with Gasteiger partial charge in [0.25, 0.3) is 6.43 Å². The lowest BCUT2D eigenvalue weighted by Crippen LogP contribution is -2.16. The second-order valence-corrected chi connectivity index (χ2v) is 10.1. The van der Waals surface area contributed by atoms with E-state index in [9.17, 15) is 22.0 Å². The van der Waals surface area contributed by atoms with Crippen LogP contribution in [0.15, 0.2) is 53.4 Å². The zero-order valence-corrected chi connectivity index (χ0v) is 20.0. The number of amides is 1. The summed E-state index contributed by atoms with van der Waals surface area (Å²) in [5.74, 6) is -1.94. The van der Waals surface area contributed by atoms with Crippen molar-refractivity contribution in [3.8, 4) is 17.6 Å². The summed E-state index contributed by atoms with van der Waals surface area (Å²) < 4.78 is 70.2. The number of anilines is 1. The SMILES string of the molecule is Cc1ccc(CC(=O)Nc2ccc(S(C)(=O)=O)cc2Cl)c(F)c1Oc1cc(C#N)cc(C(F)F)c1. The molecule has 182 valence electrons. The topological polar surface area (TPSA) is 96.3 Å². The number of nitrogens with zero attached hydrogens (tertiary/aromatic N) is 1. The summed E-state index contributed by atoms with van der Waals surface area (Å²) in [6.07, 6.45) is -2.26. The summed E-state index contributed by atoms with van der Waals surface area (Å²) in [5, 5.41) is 11.6. The largest absolute Gasteiger partial charge is 0.454 e. The molecule has 3 rings (SSSR count). The van der Waals surface area contributed by atoms with Crippen LogP contribution in [0, 0.1) is 24.1 Å². The lowest BCUT2D eigenvalue weighted by Gasteiger charge is -2.14. The number of carbonyl (C=O) groups is 1. The predicted octanol–water partition coefficient (Wildman–Crippen LogP) is 5.97. The molecule has 6 nitrogen and oxygen atoms in total. The highest BCUT2D eigenvalue weighted by molar-refractivity contribution is 7.90. The molecule has 0 aliphatic carbocycles. The first-order valence-corrected chi connectivity index (χ1v) is 12.2. The van der Waals surface area contributed by atoms with Gasteiger partial charge in [-0.1, -0.05) is 23.7 Å². The molecule has 0 spiro atoms. The van der Waals surface area contributed by atoms with Gasteiger partial charge in [-0.25, -0.2) is 21.6 Å². The molecule has 0 heterocycles. The molecule has 0 aliphatic heterocycles. The molecule has 0 saturated heterocycles. The molecule has 11 heteroatoms. The molecule has 35 heavy (non-hydrogen) atoms. The van der Waals surface area contributed by atoms with E-state index in [1.54, 1.807) is 6.07 Å². The van der Waals surface area contributed by atoms with Crippen LogP contribution in [-0.4, -0.2) is 20.6 Å². The zero-order chi connectivity index (χ0) is 25.9. The van der Waals surface area contributed by atoms with Crippen molar-refractivity contribution in [1.29, 1.82) is 5.26 Å². The van der Waals surface area contributed by atoms with Gasteiger partial charge in [0.2, 0.25) is 5.91 Å². The van der Waals surface area contributed by atoms with Gasteiger partial charge in [0.05, 0.1) is 33.7 Å². The molecule has 0 aromatic heterocycles. The Hall–Kier alpha value is -3.55. The second kappa shape index (κ2) is 10.4. The van der Waals surface area contributed by atoms with Crippen molar-refractivity contribution in [3.05, 3.63) is 81.6 Å². The van der Waals surface area contributed by atoms with Crippen molar-refractivity contribution in [3.63, 3.8) is 0 Å². The van der Waals surface area contributed by atoms with E-state index in [1.165, 1.54) is 43.3 Å². The summed E-state index contributed by atoms with van der Waals surface area (Å²) in [7, 11) is -3.49. The minimum atomic E-state index is -3.49. The molecule has 1 N–H and O–H groups in total. The van der Waals surface area contributed by atoms with Crippen molar-refractivity contribution in [2.45, 2.75) is 24.7 Å². The number of benzene rings is 3. The smallest absolute Gasteiger partial charge is 0.264 e. The van der Waals surface area contributed by atoms with E-state index >= 15 is 4.39 Å². The average molecular weight is 523 g/mol. The first-order valence-electron chi connectivity index (χ1n) is 9.97. The Kier molecular flexibility index (Phi) is 7.73. The lowest BCUT2D eigenvalue weighted by molar-refractivity contribution is -0.115. The Bertz CT molecular complexity index is 1450. The van der Waals surface area contributed by atoms with Crippen LogP contribution >= 0.6 is 11.6 Å². The molecule has 0 atom stereocenters. The maximum atomic E-state index is 15.2. The van der Waals surface area contributed by atoms with Crippen LogP contribution in [0.1, 0.15) is 28.7 Å². The summed E-state index contributed by atoms with van der Waals surface area (Å²) in [6, 6.07) is 11.6. The van der Waals surface area contributed by atoms with Gasteiger partial charge in [-0.15, -0.1) is 0 Å². The third kappa shape index (κ3) is 6.32. The number of rotatable bonds is 7. The molecule has 0 aliphatic rings. The molecule has 0 fully saturated rings. The van der Waals surface area contributed by atoms with Gasteiger partial charge in [-0.3, -0.25) is 4.79 Å². The number of halogens is 4. The number of nitrogens with one attached hydrogen (secondary N) is 1. The number of hydrogen-bond donors (Lipinski definition) is 1. The molecule has 0 bridgehead atoms. The monoisotopic (exact) mass is 522 g/mol. The van der Waals surface area contributed by atoms with E-state index < -0.39 is 40.0 Å². The van der Waals surface area contributed by atoms with Crippen molar-refractivity contribution in [1.82, 2.24) is 0 Å². The lowest BCUT2D eigenvalue weighted by atomic mass is 10.1. The van der Waals surface area contributed by atoms with Crippen LogP contribution < -0.4 is 10.1 Å². The predicted molar refractivity (Wildman–Crippen MR) is 124 cm³/mol. The number of ether oxygens (including phenoxy) is 1. The number of nitriles is 1. The average Bonchev–Trinajstić information content (AvgIpc) is 2.79. The van der Waals surface area contributed by atoms with E-state index in [-0.39, 0.29) is 38.2 Å². The fourth-order valence-corrected chi connectivity index (χ4v) is 4.08. The van der Waals surface area contributed by atoms with Crippen LogP contribution in [0.5, 0.6) is 11.5 Å². The Morgan fingerprint density at radius 3 is 2.49 bits per heavy atom. The van der Waals surface area contributed by atoms with Gasteiger partial charge in [0.1, 0.15) is 5.75 Å². The van der Waals surface area contributed by atoms with E-state index in [0.29, 0.717) is 5.56 Å². The summed E-state index contributed by atoms with van der Waals surface area (Å²) >= 11 is 6.06. The van der Waals surface area contributed by atoms with Crippen molar-refractivity contribution in [2.24, 2.45) is 0 Å². The quantitative estimate of drug-likeness (QED) is 0.412. The Morgan fingerprint density at radius 1 is 1.17 bits per heavy atom. The van der Waals surface area contributed by atoms with Crippen LogP contribution in [0.2, 0.25) is 5.02 Å². The van der Waals surface area contributed by atoms with Crippen LogP contribution in [0.25, 0.3) is 0 Å². The molecule has 0 unspecified atom stereocenters. The highest BCUT2D eigenvalue weighted by Gasteiger charge is 2.19. The summed E-state index contributed by atoms with van der Waals surface area (Å²) in [6.45, 7) is 1.54. The fraction of sp³-hybridized carbons (Fsp3) is 0.167. The molecule has 1 amide bonds. The summed E-state index contributed by atoms with van der Waals surface area (Å²) in [4.78, 5) is 12.5. The molecular formula is C24H18ClF3N2O4S. The van der Waals surface area contributed by atoms with Crippen LogP contribution in [0.4, 0.5) is 18.9 Å². The molecule has 0 saturated carbocycles.